The molecule has 0 aliphatic carbocycles. The van der Waals surface area contributed by atoms with Crippen molar-refractivity contribution in [1.82, 2.24) is 0 Å². The van der Waals surface area contributed by atoms with Crippen LogP contribution >= 0.6 is 0 Å². The third kappa shape index (κ3) is 3.27. The van der Waals surface area contributed by atoms with Crippen LogP contribution in [0.25, 0.3) is 0 Å². The van der Waals surface area contributed by atoms with Gasteiger partial charge in [0.2, 0.25) is 0 Å². The van der Waals surface area contributed by atoms with Crippen LogP contribution in [-0.4, -0.2) is 30.3 Å². The predicted molar refractivity (Wildman–Crippen MR) is 63.6 cm³/mol. The number of esters is 1. The van der Waals surface area contributed by atoms with Crippen molar-refractivity contribution < 1.29 is 19.2 Å². The van der Waals surface area contributed by atoms with Crippen LogP contribution < -0.4 is 5.32 Å². The number of hydrogen-bond acceptors (Lipinski definition) is 6. The maximum absolute atomic E-state index is 11.1. The molecule has 7 nitrogen and oxygen atoms in total. The van der Waals surface area contributed by atoms with Crippen LogP contribution in [0.3, 0.4) is 0 Å². The number of Topliss-reactive ketones (excluding diaryl/α,β-unsaturated/α-hetero) is 1. The molecule has 0 fully saturated rings. The molecule has 0 aliphatic rings. The minimum Gasteiger partial charge on any atom is -0.468 e. The first-order chi connectivity index (χ1) is 8.45. The summed E-state index contributed by atoms with van der Waals surface area (Å²) in [6, 6.07) is 4.01. The zero-order chi connectivity index (χ0) is 13.7. The van der Waals surface area contributed by atoms with Gasteiger partial charge in [-0.2, -0.15) is 0 Å². The molecule has 1 aromatic carbocycles. The van der Waals surface area contributed by atoms with Gasteiger partial charge in [0.1, 0.15) is 12.2 Å². The first kappa shape index (κ1) is 13.6. The lowest BCUT2D eigenvalue weighted by Gasteiger charge is -2.06. The molecule has 0 bridgehead atoms. The molecular formula is C11H12N2O5. The summed E-state index contributed by atoms with van der Waals surface area (Å²) in [4.78, 5) is 32.3. The van der Waals surface area contributed by atoms with E-state index in [0.29, 0.717) is 0 Å². The number of nitro benzene ring substituents is 1. The van der Waals surface area contributed by atoms with Crippen molar-refractivity contribution >= 4 is 23.1 Å². The number of rotatable bonds is 5. The van der Waals surface area contributed by atoms with Crippen LogP contribution in [0, 0.1) is 10.1 Å². The number of benzene rings is 1. The topological polar surface area (TPSA) is 98.5 Å². The van der Waals surface area contributed by atoms with E-state index >= 15 is 0 Å². The molecule has 0 saturated carbocycles. The zero-order valence-electron chi connectivity index (χ0n) is 9.93. The van der Waals surface area contributed by atoms with E-state index in [2.05, 4.69) is 10.1 Å². The molecule has 0 radical (unpaired) electrons. The van der Waals surface area contributed by atoms with E-state index in [0.717, 1.165) is 0 Å². The second kappa shape index (κ2) is 5.76. The van der Waals surface area contributed by atoms with E-state index < -0.39 is 10.9 Å². The molecule has 0 saturated heterocycles. The van der Waals surface area contributed by atoms with E-state index in [1.165, 1.54) is 32.2 Å². The highest BCUT2D eigenvalue weighted by molar-refractivity contribution is 5.95. The summed E-state index contributed by atoms with van der Waals surface area (Å²) in [6.07, 6.45) is 0. The molecule has 0 aromatic heterocycles. The third-order valence-electron chi connectivity index (χ3n) is 2.25. The smallest absolute Gasteiger partial charge is 0.325 e. The first-order valence-corrected chi connectivity index (χ1v) is 5.05. The fourth-order valence-corrected chi connectivity index (χ4v) is 1.29. The Balaban J connectivity index is 3.00. The monoisotopic (exact) mass is 252 g/mol. The van der Waals surface area contributed by atoms with Crippen molar-refractivity contribution in [1.29, 1.82) is 0 Å². The van der Waals surface area contributed by atoms with Crippen LogP contribution in [0.4, 0.5) is 11.4 Å². The summed E-state index contributed by atoms with van der Waals surface area (Å²) >= 11 is 0. The number of nitrogens with zero attached hydrogens (tertiary/aromatic N) is 1. The average Bonchev–Trinajstić information content (AvgIpc) is 2.35. The Kier molecular flexibility index (Phi) is 4.36. The van der Waals surface area contributed by atoms with Gasteiger partial charge in [0.05, 0.1) is 12.0 Å². The Morgan fingerprint density at radius 1 is 1.44 bits per heavy atom. The number of anilines is 1. The second-order valence-corrected chi connectivity index (χ2v) is 3.47. The number of nitro groups is 1. The van der Waals surface area contributed by atoms with Gasteiger partial charge in [0.25, 0.3) is 5.69 Å². The average molecular weight is 252 g/mol. The molecule has 0 unspecified atom stereocenters. The molecule has 1 aromatic rings. The number of hydrogen-bond donors (Lipinski definition) is 1. The number of ketones is 1. The summed E-state index contributed by atoms with van der Waals surface area (Å²) in [5.41, 5.74) is 0.146. The highest BCUT2D eigenvalue weighted by atomic mass is 16.6. The molecule has 0 heterocycles. The highest BCUT2D eigenvalue weighted by Gasteiger charge is 2.16. The first-order valence-electron chi connectivity index (χ1n) is 5.05. The van der Waals surface area contributed by atoms with Gasteiger partial charge in [-0.3, -0.25) is 19.7 Å². The molecule has 0 spiro atoms. The molecule has 0 aliphatic heterocycles. The van der Waals surface area contributed by atoms with Gasteiger partial charge in [-0.25, -0.2) is 0 Å². The Hall–Kier alpha value is -2.44. The lowest BCUT2D eigenvalue weighted by molar-refractivity contribution is -0.384. The third-order valence-corrected chi connectivity index (χ3v) is 2.25. The molecule has 18 heavy (non-hydrogen) atoms. The number of methoxy groups -OCH3 is 1. The lowest BCUT2D eigenvalue weighted by Crippen LogP contribution is -2.15. The van der Waals surface area contributed by atoms with E-state index in [1.54, 1.807) is 0 Å². The molecular weight excluding hydrogens is 240 g/mol. The molecule has 0 amide bonds. The van der Waals surface area contributed by atoms with Crippen LogP contribution in [0.2, 0.25) is 0 Å². The van der Waals surface area contributed by atoms with Crippen molar-refractivity contribution in [2.45, 2.75) is 6.92 Å². The highest BCUT2D eigenvalue weighted by Crippen LogP contribution is 2.25. The lowest BCUT2D eigenvalue weighted by atomic mass is 10.1. The standard InChI is InChI=1S/C11H12N2O5/c1-7(14)8-3-4-9(10(5-8)13(16)17)12-6-11(15)18-2/h3-5,12H,6H2,1-2H3. The number of carbonyl (C=O) groups excluding carboxylic acids is 2. The van der Waals surface area contributed by atoms with Crippen molar-refractivity contribution in [3.05, 3.63) is 33.9 Å². The molecule has 96 valence electrons. The quantitative estimate of drug-likeness (QED) is 0.368. The van der Waals surface area contributed by atoms with Gasteiger partial charge in [-0.05, 0) is 19.1 Å². The number of ether oxygens (including phenoxy) is 1. The molecule has 7 heteroatoms. The largest absolute Gasteiger partial charge is 0.468 e. The summed E-state index contributed by atoms with van der Waals surface area (Å²) in [5.74, 6) is -0.808. The van der Waals surface area contributed by atoms with Crippen molar-refractivity contribution in [2.24, 2.45) is 0 Å². The minimum absolute atomic E-state index is 0.162. The van der Waals surface area contributed by atoms with Crippen LogP contribution in [0.15, 0.2) is 18.2 Å². The normalized spacial score (nSPS) is 9.67. The summed E-state index contributed by atoms with van der Waals surface area (Å²) in [7, 11) is 1.22. The van der Waals surface area contributed by atoms with Gasteiger partial charge in [0.15, 0.2) is 5.78 Å². The van der Waals surface area contributed by atoms with E-state index in [1.807, 2.05) is 0 Å². The maximum atomic E-state index is 11.1. The van der Waals surface area contributed by atoms with Crippen molar-refractivity contribution in [3.63, 3.8) is 0 Å². The number of carbonyl (C=O) groups is 2. The fourth-order valence-electron chi connectivity index (χ4n) is 1.29. The van der Waals surface area contributed by atoms with Gasteiger partial charge < -0.3 is 10.1 Å². The Morgan fingerprint density at radius 3 is 2.61 bits per heavy atom. The van der Waals surface area contributed by atoms with Crippen molar-refractivity contribution in [2.75, 3.05) is 19.0 Å². The fraction of sp³-hybridized carbons (Fsp3) is 0.273. The summed E-state index contributed by atoms with van der Waals surface area (Å²) in [5, 5.41) is 13.4. The number of nitrogens with one attached hydrogen (secondary N) is 1. The van der Waals surface area contributed by atoms with Gasteiger partial charge in [-0.15, -0.1) is 0 Å². The Labute approximate surface area is 103 Å². The van der Waals surface area contributed by atoms with E-state index in [-0.39, 0.29) is 29.3 Å². The minimum atomic E-state index is -0.619. The van der Waals surface area contributed by atoms with Gasteiger partial charge >= 0.3 is 5.97 Å². The van der Waals surface area contributed by atoms with Crippen LogP contribution in [0.1, 0.15) is 17.3 Å². The molecule has 0 atom stereocenters. The van der Waals surface area contributed by atoms with Crippen LogP contribution in [0.5, 0.6) is 0 Å². The Morgan fingerprint density at radius 2 is 2.11 bits per heavy atom. The van der Waals surface area contributed by atoms with E-state index in [4.69, 9.17) is 0 Å². The second-order valence-electron chi connectivity index (χ2n) is 3.47. The SMILES string of the molecule is COC(=O)CNc1ccc(C(C)=O)cc1[N+](=O)[O-]. The predicted octanol–water partition coefficient (Wildman–Crippen LogP) is 1.38. The zero-order valence-corrected chi connectivity index (χ0v) is 9.93. The van der Waals surface area contributed by atoms with Crippen LogP contribution in [-0.2, 0) is 9.53 Å². The molecule has 1 N–H and O–H groups in total. The van der Waals surface area contributed by atoms with Gasteiger partial charge in [-0.1, -0.05) is 0 Å². The molecule has 1 rings (SSSR count). The van der Waals surface area contributed by atoms with Crippen molar-refractivity contribution in [3.8, 4) is 0 Å². The Bertz CT molecular complexity index is 498. The summed E-state index contributed by atoms with van der Waals surface area (Å²) < 4.78 is 4.41. The van der Waals surface area contributed by atoms with E-state index in [9.17, 15) is 19.7 Å². The maximum Gasteiger partial charge on any atom is 0.325 e. The summed E-state index contributed by atoms with van der Waals surface area (Å²) in [6.45, 7) is 1.14. The van der Waals surface area contributed by atoms with Gasteiger partial charge in [0, 0.05) is 11.6 Å².